The first-order chi connectivity index (χ1) is 7.45. The van der Waals surface area contributed by atoms with Gasteiger partial charge in [0.05, 0.1) is 10.6 Å². The summed E-state index contributed by atoms with van der Waals surface area (Å²) in [6.45, 7) is 1.98. The van der Waals surface area contributed by atoms with Crippen LogP contribution in [0, 0.1) is 0 Å². The summed E-state index contributed by atoms with van der Waals surface area (Å²) in [6.07, 6.45) is -2.52. The fourth-order valence-corrected chi connectivity index (χ4v) is 2.50. The minimum Gasteiger partial charge on any atom is -0.292 e. The van der Waals surface area contributed by atoms with Crippen molar-refractivity contribution in [3.8, 4) is 0 Å². The molecule has 2 nitrogen and oxygen atoms in total. The SMILES string of the molecule is CCCSCC(=O)c1cnc(C(F)(F)F)s1. The largest absolute Gasteiger partial charge is 0.443 e. The number of carbonyl (C=O) groups is 1. The molecule has 1 aromatic rings. The van der Waals surface area contributed by atoms with E-state index >= 15 is 0 Å². The first-order valence-electron chi connectivity index (χ1n) is 4.59. The molecule has 0 bridgehead atoms. The van der Waals surface area contributed by atoms with Gasteiger partial charge in [-0.3, -0.25) is 4.79 Å². The molecule has 0 aliphatic carbocycles. The molecule has 0 N–H and O–H groups in total. The Morgan fingerprint density at radius 1 is 1.56 bits per heavy atom. The lowest BCUT2D eigenvalue weighted by Gasteiger charge is -1.99. The quantitative estimate of drug-likeness (QED) is 0.605. The number of ketones is 1. The smallest absolute Gasteiger partial charge is 0.292 e. The van der Waals surface area contributed by atoms with Crippen LogP contribution in [0.3, 0.4) is 0 Å². The number of thioether (sulfide) groups is 1. The first-order valence-corrected chi connectivity index (χ1v) is 6.56. The minimum absolute atomic E-state index is 0.0796. The van der Waals surface area contributed by atoms with E-state index in [2.05, 4.69) is 4.98 Å². The summed E-state index contributed by atoms with van der Waals surface area (Å²) in [6, 6.07) is 0. The van der Waals surface area contributed by atoms with Crippen LogP contribution in [0.5, 0.6) is 0 Å². The summed E-state index contributed by atoms with van der Waals surface area (Å²) < 4.78 is 36.6. The van der Waals surface area contributed by atoms with Gasteiger partial charge in [0.25, 0.3) is 0 Å². The van der Waals surface area contributed by atoms with E-state index in [9.17, 15) is 18.0 Å². The molecule has 0 amide bonds. The highest BCUT2D eigenvalue weighted by atomic mass is 32.2. The third-order valence-corrected chi connectivity index (χ3v) is 3.85. The molecule has 1 aromatic heterocycles. The monoisotopic (exact) mass is 269 g/mol. The van der Waals surface area contributed by atoms with Crippen molar-refractivity contribution in [2.75, 3.05) is 11.5 Å². The number of nitrogens with zero attached hydrogens (tertiary/aromatic N) is 1. The van der Waals surface area contributed by atoms with Crippen LogP contribution >= 0.6 is 23.1 Å². The fourth-order valence-electron chi connectivity index (χ4n) is 0.914. The van der Waals surface area contributed by atoms with Gasteiger partial charge < -0.3 is 0 Å². The van der Waals surface area contributed by atoms with Gasteiger partial charge in [-0.15, -0.1) is 11.3 Å². The molecule has 0 spiro atoms. The summed E-state index contributed by atoms with van der Waals surface area (Å²) in [7, 11) is 0. The van der Waals surface area contributed by atoms with E-state index < -0.39 is 11.2 Å². The minimum atomic E-state index is -4.46. The summed E-state index contributed by atoms with van der Waals surface area (Å²) >= 11 is 1.83. The van der Waals surface area contributed by atoms with E-state index in [4.69, 9.17) is 0 Å². The van der Waals surface area contributed by atoms with Crippen LogP contribution in [-0.2, 0) is 6.18 Å². The van der Waals surface area contributed by atoms with Crippen molar-refractivity contribution in [3.63, 3.8) is 0 Å². The lowest BCUT2D eigenvalue weighted by molar-refractivity contribution is -0.137. The lowest BCUT2D eigenvalue weighted by Crippen LogP contribution is -2.03. The molecular formula is C9H10F3NOS2. The number of hydrogen-bond acceptors (Lipinski definition) is 4. The summed E-state index contributed by atoms with van der Waals surface area (Å²) in [5, 5.41) is -0.962. The van der Waals surface area contributed by atoms with Gasteiger partial charge in [-0.25, -0.2) is 4.98 Å². The third-order valence-electron chi connectivity index (χ3n) is 1.60. The maximum Gasteiger partial charge on any atom is 0.443 e. The standard InChI is InChI=1S/C9H10F3NOS2/c1-2-3-15-5-6(14)7-4-13-8(16-7)9(10,11)12/h4H,2-3,5H2,1H3. The maximum atomic E-state index is 12.2. The normalized spacial score (nSPS) is 11.8. The van der Waals surface area contributed by atoms with E-state index in [1.54, 1.807) is 0 Å². The number of aromatic nitrogens is 1. The van der Waals surface area contributed by atoms with Crippen molar-refractivity contribution in [2.45, 2.75) is 19.5 Å². The average molecular weight is 269 g/mol. The van der Waals surface area contributed by atoms with Crippen LogP contribution in [0.25, 0.3) is 0 Å². The molecule has 0 aliphatic heterocycles. The van der Waals surface area contributed by atoms with Gasteiger partial charge >= 0.3 is 6.18 Å². The maximum absolute atomic E-state index is 12.2. The van der Waals surface area contributed by atoms with Crippen molar-refractivity contribution in [1.82, 2.24) is 4.98 Å². The van der Waals surface area contributed by atoms with Crippen LogP contribution < -0.4 is 0 Å². The van der Waals surface area contributed by atoms with E-state index in [-0.39, 0.29) is 16.4 Å². The highest BCUT2D eigenvalue weighted by Crippen LogP contribution is 2.32. The number of alkyl halides is 3. The Balaban J connectivity index is 2.60. The number of hydrogen-bond donors (Lipinski definition) is 0. The zero-order valence-electron chi connectivity index (χ0n) is 8.50. The van der Waals surface area contributed by atoms with E-state index in [0.29, 0.717) is 11.3 Å². The Labute approximate surface area is 99.3 Å². The number of rotatable bonds is 5. The molecule has 16 heavy (non-hydrogen) atoms. The predicted octanol–water partition coefficient (Wildman–Crippen LogP) is 3.49. The Morgan fingerprint density at radius 2 is 2.25 bits per heavy atom. The van der Waals surface area contributed by atoms with Crippen molar-refractivity contribution in [2.24, 2.45) is 0 Å². The molecule has 0 saturated carbocycles. The Kier molecular flexibility index (Phi) is 4.79. The Hall–Kier alpha value is -0.560. The number of halogens is 3. The van der Waals surface area contributed by atoms with E-state index in [0.717, 1.165) is 18.4 Å². The molecule has 0 radical (unpaired) electrons. The molecule has 0 aromatic carbocycles. The molecular weight excluding hydrogens is 259 g/mol. The summed E-state index contributed by atoms with van der Waals surface area (Å²) in [5.41, 5.74) is 0. The third kappa shape index (κ3) is 3.79. The van der Waals surface area contributed by atoms with Crippen LogP contribution in [0.4, 0.5) is 13.2 Å². The Bertz CT molecular complexity index is 362. The van der Waals surface area contributed by atoms with Crippen LogP contribution in [0.1, 0.15) is 28.0 Å². The second-order valence-corrected chi connectivity index (χ2v) is 5.14. The van der Waals surface area contributed by atoms with Gasteiger partial charge in [0.2, 0.25) is 0 Å². The lowest BCUT2D eigenvalue weighted by atomic mass is 10.4. The van der Waals surface area contributed by atoms with Gasteiger partial charge in [-0.05, 0) is 12.2 Å². The molecule has 0 saturated heterocycles. The molecule has 1 heterocycles. The average Bonchev–Trinajstić information content (AvgIpc) is 2.66. The fraction of sp³-hybridized carbons (Fsp3) is 0.556. The zero-order chi connectivity index (χ0) is 12.2. The van der Waals surface area contributed by atoms with Gasteiger partial charge in [0.15, 0.2) is 10.8 Å². The molecule has 0 unspecified atom stereocenters. The number of Topliss-reactive ketones (excluding diaryl/α,β-unsaturated/α-hetero) is 1. The topological polar surface area (TPSA) is 30.0 Å². The van der Waals surface area contributed by atoms with Gasteiger partial charge in [-0.1, -0.05) is 6.92 Å². The number of carbonyl (C=O) groups excluding carboxylic acids is 1. The van der Waals surface area contributed by atoms with E-state index in [1.807, 2.05) is 6.92 Å². The van der Waals surface area contributed by atoms with Gasteiger partial charge in [0, 0.05) is 6.20 Å². The highest BCUT2D eigenvalue weighted by Gasteiger charge is 2.35. The van der Waals surface area contributed by atoms with Crippen molar-refractivity contribution >= 4 is 28.9 Å². The second kappa shape index (κ2) is 5.67. The zero-order valence-corrected chi connectivity index (χ0v) is 10.1. The van der Waals surface area contributed by atoms with Crippen molar-refractivity contribution in [1.29, 1.82) is 0 Å². The van der Waals surface area contributed by atoms with Crippen LogP contribution in [0.2, 0.25) is 0 Å². The molecule has 90 valence electrons. The first kappa shape index (κ1) is 13.5. The predicted molar refractivity (Wildman–Crippen MR) is 59.1 cm³/mol. The van der Waals surface area contributed by atoms with E-state index in [1.165, 1.54) is 11.8 Å². The summed E-state index contributed by atoms with van der Waals surface area (Å²) in [4.78, 5) is 14.7. The highest BCUT2D eigenvalue weighted by molar-refractivity contribution is 7.99. The number of thiazole rings is 1. The molecule has 0 fully saturated rings. The summed E-state index contributed by atoms with van der Waals surface area (Å²) in [5.74, 6) is 0.760. The van der Waals surface area contributed by atoms with Crippen LogP contribution in [0.15, 0.2) is 6.20 Å². The van der Waals surface area contributed by atoms with Gasteiger partial charge in [0.1, 0.15) is 0 Å². The second-order valence-electron chi connectivity index (χ2n) is 3.00. The van der Waals surface area contributed by atoms with Crippen LogP contribution in [-0.4, -0.2) is 22.3 Å². The van der Waals surface area contributed by atoms with Crippen molar-refractivity contribution in [3.05, 3.63) is 16.1 Å². The molecule has 7 heteroatoms. The van der Waals surface area contributed by atoms with Gasteiger partial charge in [-0.2, -0.15) is 24.9 Å². The Morgan fingerprint density at radius 3 is 2.75 bits per heavy atom. The molecule has 1 rings (SSSR count). The van der Waals surface area contributed by atoms with Crippen molar-refractivity contribution < 1.29 is 18.0 Å². The molecule has 0 aliphatic rings. The molecule has 0 atom stereocenters.